The highest BCUT2D eigenvalue weighted by Crippen LogP contribution is 2.31. The van der Waals surface area contributed by atoms with Crippen molar-refractivity contribution in [1.29, 1.82) is 0 Å². The summed E-state index contributed by atoms with van der Waals surface area (Å²) in [6.07, 6.45) is 8.66. The van der Waals surface area contributed by atoms with E-state index in [4.69, 9.17) is 0 Å². The van der Waals surface area contributed by atoms with Crippen LogP contribution in [-0.2, 0) is 0 Å². The van der Waals surface area contributed by atoms with Gasteiger partial charge < -0.3 is 5.32 Å². The molecule has 1 heterocycles. The van der Waals surface area contributed by atoms with E-state index in [9.17, 15) is 0 Å². The number of hydrogen-bond donors (Lipinski definition) is 1. The molecule has 1 N–H and O–H groups in total. The van der Waals surface area contributed by atoms with Gasteiger partial charge in [-0.3, -0.25) is 4.90 Å². The summed E-state index contributed by atoms with van der Waals surface area (Å²) in [5, 5.41) is 3.78. The Kier molecular flexibility index (Phi) is 5.30. The summed E-state index contributed by atoms with van der Waals surface area (Å²) in [6, 6.07) is 0.798. The van der Waals surface area contributed by atoms with Crippen molar-refractivity contribution in [1.82, 2.24) is 10.2 Å². The summed E-state index contributed by atoms with van der Waals surface area (Å²) in [4.78, 5) is 2.81. The summed E-state index contributed by atoms with van der Waals surface area (Å²) in [7, 11) is 0. The Morgan fingerprint density at radius 1 is 1.16 bits per heavy atom. The van der Waals surface area contributed by atoms with E-state index in [0.717, 1.165) is 17.9 Å². The fraction of sp³-hybridized carbons (Fsp3) is 1.00. The molecule has 1 atom stereocenters. The first-order valence-corrected chi connectivity index (χ1v) is 8.47. The van der Waals surface area contributed by atoms with Crippen molar-refractivity contribution in [3.63, 3.8) is 0 Å². The number of nitrogens with zero attached hydrogens (tertiary/aromatic N) is 1. The van der Waals surface area contributed by atoms with Crippen molar-refractivity contribution in [3.05, 3.63) is 0 Å². The van der Waals surface area contributed by atoms with Gasteiger partial charge in [-0.1, -0.05) is 33.1 Å². The highest BCUT2D eigenvalue weighted by atomic mass is 15.2. The van der Waals surface area contributed by atoms with Gasteiger partial charge in [0.2, 0.25) is 0 Å². The average molecular weight is 266 g/mol. The van der Waals surface area contributed by atoms with Crippen molar-refractivity contribution in [2.75, 3.05) is 19.6 Å². The van der Waals surface area contributed by atoms with E-state index in [0.29, 0.717) is 5.54 Å². The highest BCUT2D eigenvalue weighted by Gasteiger charge is 2.36. The van der Waals surface area contributed by atoms with Crippen LogP contribution in [0.5, 0.6) is 0 Å². The van der Waals surface area contributed by atoms with Gasteiger partial charge in [-0.15, -0.1) is 0 Å². The molecule has 1 saturated heterocycles. The predicted octanol–water partition coefficient (Wildman–Crippen LogP) is 3.67. The van der Waals surface area contributed by atoms with Crippen LogP contribution in [0.1, 0.15) is 66.2 Å². The molecule has 1 aliphatic heterocycles. The zero-order valence-corrected chi connectivity index (χ0v) is 13.5. The van der Waals surface area contributed by atoms with Crippen LogP contribution < -0.4 is 5.32 Å². The Hall–Kier alpha value is -0.0800. The third-order valence-electron chi connectivity index (χ3n) is 5.04. The lowest BCUT2D eigenvalue weighted by Crippen LogP contribution is -2.63. The molecule has 2 nitrogen and oxygen atoms in total. The maximum absolute atomic E-state index is 3.78. The van der Waals surface area contributed by atoms with Crippen LogP contribution in [0.15, 0.2) is 0 Å². The van der Waals surface area contributed by atoms with Crippen LogP contribution in [0.25, 0.3) is 0 Å². The molecule has 112 valence electrons. The van der Waals surface area contributed by atoms with Gasteiger partial charge >= 0.3 is 0 Å². The maximum Gasteiger partial charge on any atom is 0.0252 e. The quantitative estimate of drug-likeness (QED) is 0.835. The van der Waals surface area contributed by atoms with Crippen molar-refractivity contribution < 1.29 is 0 Å². The minimum Gasteiger partial charge on any atom is -0.309 e. The van der Waals surface area contributed by atoms with E-state index < -0.39 is 0 Å². The second kappa shape index (κ2) is 6.58. The first kappa shape index (κ1) is 15.3. The second-order valence-corrected chi connectivity index (χ2v) is 7.88. The molecule has 1 saturated carbocycles. The molecule has 0 aromatic heterocycles. The minimum absolute atomic E-state index is 0.294. The van der Waals surface area contributed by atoms with Crippen molar-refractivity contribution in [2.45, 2.75) is 77.8 Å². The average Bonchev–Trinajstić information content (AvgIpc) is 2.36. The molecule has 0 aromatic rings. The zero-order valence-electron chi connectivity index (χ0n) is 13.5. The summed E-state index contributed by atoms with van der Waals surface area (Å²) >= 11 is 0. The molecular weight excluding hydrogens is 232 g/mol. The van der Waals surface area contributed by atoms with Gasteiger partial charge in [0.15, 0.2) is 0 Å². The van der Waals surface area contributed by atoms with Gasteiger partial charge in [0.1, 0.15) is 0 Å². The fourth-order valence-corrected chi connectivity index (χ4v) is 3.84. The van der Waals surface area contributed by atoms with E-state index in [1.807, 2.05) is 0 Å². The molecule has 0 amide bonds. The molecule has 0 aromatic carbocycles. The van der Waals surface area contributed by atoms with Crippen LogP contribution in [0, 0.1) is 11.8 Å². The molecule has 2 rings (SSSR count). The van der Waals surface area contributed by atoms with Gasteiger partial charge in [0.25, 0.3) is 0 Å². The summed E-state index contributed by atoms with van der Waals surface area (Å²) < 4.78 is 0. The second-order valence-electron chi connectivity index (χ2n) is 7.88. The summed E-state index contributed by atoms with van der Waals surface area (Å²) in [6.45, 7) is 13.1. The lowest BCUT2D eigenvalue weighted by atomic mass is 9.81. The van der Waals surface area contributed by atoms with E-state index in [2.05, 4.69) is 37.9 Å². The Morgan fingerprint density at radius 3 is 2.47 bits per heavy atom. The maximum atomic E-state index is 3.78. The van der Waals surface area contributed by atoms with Gasteiger partial charge in [0.05, 0.1) is 0 Å². The standard InChI is InChI=1S/C17H34N2/c1-14(2)10-11-19-13-17(3,4)18-12-16(19)15-8-6-5-7-9-15/h14-16,18H,5-13H2,1-4H3. The zero-order chi connectivity index (χ0) is 13.9. The van der Waals surface area contributed by atoms with E-state index >= 15 is 0 Å². The number of nitrogens with one attached hydrogen (secondary N) is 1. The lowest BCUT2D eigenvalue weighted by molar-refractivity contribution is 0.0447. The Morgan fingerprint density at radius 2 is 1.84 bits per heavy atom. The molecule has 0 spiro atoms. The summed E-state index contributed by atoms with van der Waals surface area (Å²) in [5.41, 5.74) is 0.294. The molecule has 2 aliphatic rings. The first-order valence-electron chi connectivity index (χ1n) is 8.47. The molecule has 0 bridgehead atoms. The third kappa shape index (κ3) is 4.46. The van der Waals surface area contributed by atoms with Crippen LogP contribution in [-0.4, -0.2) is 36.1 Å². The van der Waals surface area contributed by atoms with Gasteiger partial charge in [-0.05, 0) is 51.5 Å². The number of piperazine rings is 1. The van der Waals surface area contributed by atoms with E-state index in [1.54, 1.807) is 0 Å². The fourth-order valence-electron chi connectivity index (χ4n) is 3.84. The molecule has 0 radical (unpaired) electrons. The smallest absolute Gasteiger partial charge is 0.0252 e. The lowest BCUT2D eigenvalue weighted by Gasteiger charge is -2.48. The molecule has 19 heavy (non-hydrogen) atoms. The third-order valence-corrected chi connectivity index (χ3v) is 5.04. The normalized spacial score (nSPS) is 29.8. The van der Waals surface area contributed by atoms with Crippen LogP contribution in [0.2, 0.25) is 0 Å². The van der Waals surface area contributed by atoms with Gasteiger partial charge in [0, 0.05) is 24.7 Å². The molecular formula is C17H34N2. The van der Waals surface area contributed by atoms with E-state index in [-0.39, 0.29) is 0 Å². The minimum atomic E-state index is 0.294. The topological polar surface area (TPSA) is 15.3 Å². The van der Waals surface area contributed by atoms with Crippen molar-refractivity contribution >= 4 is 0 Å². The van der Waals surface area contributed by atoms with Crippen LogP contribution in [0.4, 0.5) is 0 Å². The highest BCUT2D eigenvalue weighted by molar-refractivity contribution is 4.95. The van der Waals surface area contributed by atoms with Crippen LogP contribution in [0.3, 0.4) is 0 Å². The SMILES string of the molecule is CC(C)CCN1CC(C)(C)NCC1C1CCCCC1. The Bertz CT molecular complexity index is 266. The first-order chi connectivity index (χ1) is 8.98. The summed E-state index contributed by atoms with van der Waals surface area (Å²) in [5.74, 6) is 1.77. The molecule has 2 fully saturated rings. The number of hydrogen-bond acceptors (Lipinski definition) is 2. The molecule has 2 heteroatoms. The Labute approximate surface area is 120 Å². The van der Waals surface area contributed by atoms with E-state index in [1.165, 1.54) is 58.2 Å². The predicted molar refractivity (Wildman–Crippen MR) is 83.5 cm³/mol. The number of rotatable bonds is 4. The van der Waals surface area contributed by atoms with Crippen LogP contribution >= 0.6 is 0 Å². The van der Waals surface area contributed by atoms with Gasteiger partial charge in [-0.25, -0.2) is 0 Å². The van der Waals surface area contributed by atoms with Crippen molar-refractivity contribution in [3.8, 4) is 0 Å². The van der Waals surface area contributed by atoms with Gasteiger partial charge in [-0.2, -0.15) is 0 Å². The molecule has 1 unspecified atom stereocenters. The molecule has 1 aliphatic carbocycles. The largest absolute Gasteiger partial charge is 0.309 e. The monoisotopic (exact) mass is 266 g/mol. The van der Waals surface area contributed by atoms with Crippen molar-refractivity contribution in [2.24, 2.45) is 11.8 Å². The Balaban J connectivity index is 1.97.